The number of piperidine rings is 1. The monoisotopic (exact) mass is 269 g/mol. The summed E-state index contributed by atoms with van der Waals surface area (Å²) in [6, 6.07) is 6.18. The molecule has 98 valence electrons. The molecule has 2 N–H and O–H groups in total. The molecule has 1 aliphatic rings. The molecule has 0 spiro atoms. The summed E-state index contributed by atoms with van der Waals surface area (Å²) in [4.78, 5) is 22.8. The van der Waals surface area contributed by atoms with Crippen molar-refractivity contribution in [1.29, 1.82) is 0 Å². The van der Waals surface area contributed by atoms with Gasteiger partial charge in [-0.3, -0.25) is 4.79 Å². The molecule has 1 aromatic rings. The molecular formula is C13H16ClNO3. The minimum absolute atomic E-state index is 0. The first-order chi connectivity index (χ1) is 8.18. The van der Waals surface area contributed by atoms with Gasteiger partial charge in [0.25, 0.3) is 0 Å². The van der Waals surface area contributed by atoms with Crippen molar-refractivity contribution in [3.63, 3.8) is 0 Å². The van der Waals surface area contributed by atoms with E-state index in [1.165, 1.54) is 12.1 Å². The molecule has 4 nitrogen and oxygen atoms in total. The van der Waals surface area contributed by atoms with Crippen LogP contribution in [0.15, 0.2) is 24.3 Å². The van der Waals surface area contributed by atoms with Crippen LogP contribution in [0.2, 0.25) is 0 Å². The fourth-order valence-electron chi connectivity index (χ4n) is 2.10. The maximum absolute atomic E-state index is 12.1. The van der Waals surface area contributed by atoms with E-state index in [1.807, 2.05) is 0 Å². The van der Waals surface area contributed by atoms with Crippen molar-refractivity contribution in [2.24, 2.45) is 5.92 Å². The highest BCUT2D eigenvalue weighted by molar-refractivity contribution is 5.99. The van der Waals surface area contributed by atoms with Crippen LogP contribution in [0.25, 0.3) is 0 Å². The van der Waals surface area contributed by atoms with Gasteiger partial charge >= 0.3 is 5.97 Å². The van der Waals surface area contributed by atoms with E-state index in [0.717, 1.165) is 25.9 Å². The summed E-state index contributed by atoms with van der Waals surface area (Å²) in [6.45, 7) is 1.76. The van der Waals surface area contributed by atoms with Gasteiger partial charge in [0.2, 0.25) is 0 Å². The number of Topliss-reactive ketones (excluding diaryl/α,β-unsaturated/α-hetero) is 1. The largest absolute Gasteiger partial charge is 0.478 e. The third-order valence-electron chi connectivity index (χ3n) is 3.13. The number of hydrogen-bond acceptors (Lipinski definition) is 3. The predicted octanol–water partition coefficient (Wildman–Crippen LogP) is 1.99. The molecule has 0 aromatic heterocycles. The first-order valence-electron chi connectivity index (χ1n) is 5.77. The number of carboxylic acids is 1. The van der Waals surface area contributed by atoms with Crippen LogP contribution >= 0.6 is 12.4 Å². The first-order valence-corrected chi connectivity index (χ1v) is 5.77. The van der Waals surface area contributed by atoms with Gasteiger partial charge in [0.1, 0.15) is 0 Å². The second kappa shape index (κ2) is 6.52. The SMILES string of the molecule is Cl.O=C(O)c1ccc(C(=O)C2CCNCC2)cc1. The zero-order valence-electron chi connectivity index (χ0n) is 9.89. The fraction of sp³-hybridized carbons (Fsp3) is 0.385. The van der Waals surface area contributed by atoms with Gasteiger partial charge in [-0.15, -0.1) is 12.4 Å². The summed E-state index contributed by atoms with van der Waals surface area (Å²) >= 11 is 0. The summed E-state index contributed by atoms with van der Waals surface area (Å²) < 4.78 is 0. The lowest BCUT2D eigenvalue weighted by Gasteiger charge is -2.21. The number of carbonyl (C=O) groups excluding carboxylic acids is 1. The summed E-state index contributed by atoms with van der Waals surface area (Å²) in [5, 5.41) is 12.0. The topological polar surface area (TPSA) is 66.4 Å². The third kappa shape index (κ3) is 3.31. The zero-order chi connectivity index (χ0) is 12.3. The van der Waals surface area contributed by atoms with Crippen molar-refractivity contribution in [3.8, 4) is 0 Å². The van der Waals surface area contributed by atoms with Gasteiger partial charge < -0.3 is 10.4 Å². The number of carbonyl (C=O) groups is 2. The Morgan fingerprint density at radius 1 is 1.06 bits per heavy atom. The number of carboxylic acid groups (broad SMARTS) is 1. The van der Waals surface area contributed by atoms with Crippen LogP contribution in [0, 0.1) is 5.92 Å². The Hall–Kier alpha value is -1.39. The summed E-state index contributed by atoms with van der Waals surface area (Å²) in [6.07, 6.45) is 1.72. The fourth-order valence-corrected chi connectivity index (χ4v) is 2.10. The molecule has 1 aliphatic heterocycles. The molecule has 1 saturated heterocycles. The Balaban J connectivity index is 0.00000162. The Morgan fingerprint density at radius 2 is 1.56 bits per heavy atom. The van der Waals surface area contributed by atoms with Gasteiger partial charge in [0.15, 0.2) is 5.78 Å². The second-order valence-corrected chi connectivity index (χ2v) is 4.27. The van der Waals surface area contributed by atoms with E-state index in [4.69, 9.17) is 5.11 Å². The molecule has 0 aliphatic carbocycles. The van der Waals surface area contributed by atoms with Gasteiger partial charge in [-0.2, -0.15) is 0 Å². The molecule has 0 atom stereocenters. The van der Waals surface area contributed by atoms with E-state index in [2.05, 4.69) is 5.32 Å². The van der Waals surface area contributed by atoms with Crippen LogP contribution in [0.3, 0.4) is 0 Å². The summed E-state index contributed by atoms with van der Waals surface area (Å²) in [7, 11) is 0. The van der Waals surface area contributed by atoms with Gasteiger partial charge in [-0.25, -0.2) is 4.79 Å². The molecule has 0 unspecified atom stereocenters. The highest BCUT2D eigenvalue weighted by atomic mass is 35.5. The van der Waals surface area contributed by atoms with E-state index >= 15 is 0 Å². The van der Waals surface area contributed by atoms with Crippen molar-refractivity contribution < 1.29 is 14.7 Å². The molecule has 0 amide bonds. The maximum Gasteiger partial charge on any atom is 0.335 e. The average molecular weight is 270 g/mol. The third-order valence-corrected chi connectivity index (χ3v) is 3.13. The van der Waals surface area contributed by atoms with Crippen molar-refractivity contribution in [2.75, 3.05) is 13.1 Å². The lowest BCUT2D eigenvalue weighted by Crippen LogP contribution is -2.31. The number of halogens is 1. The lowest BCUT2D eigenvalue weighted by atomic mass is 9.89. The zero-order valence-corrected chi connectivity index (χ0v) is 10.7. The molecule has 0 saturated carbocycles. The van der Waals surface area contributed by atoms with Crippen LogP contribution in [0.5, 0.6) is 0 Å². The van der Waals surface area contributed by atoms with Crippen LogP contribution < -0.4 is 5.32 Å². The number of nitrogens with one attached hydrogen (secondary N) is 1. The number of ketones is 1. The molecule has 18 heavy (non-hydrogen) atoms. The summed E-state index contributed by atoms with van der Waals surface area (Å²) in [5.41, 5.74) is 0.828. The Morgan fingerprint density at radius 3 is 2.06 bits per heavy atom. The number of hydrogen-bond donors (Lipinski definition) is 2. The van der Waals surface area contributed by atoms with Crippen LogP contribution in [0.4, 0.5) is 0 Å². The van der Waals surface area contributed by atoms with E-state index in [-0.39, 0.29) is 29.7 Å². The lowest BCUT2D eigenvalue weighted by molar-refractivity contribution is 0.0696. The van der Waals surface area contributed by atoms with Gasteiger partial charge in [0.05, 0.1) is 5.56 Å². The molecule has 0 radical (unpaired) electrons. The van der Waals surface area contributed by atoms with Gasteiger partial charge in [0, 0.05) is 11.5 Å². The quantitative estimate of drug-likeness (QED) is 0.824. The van der Waals surface area contributed by atoms with Crippen LogP contribution in [-0.4, -0.2) is 29.9 Å². The standard InChI is InChI=1S/C13H15NO3.ClH/c15-12(10-5-7-14-8-6-10)9-1-3-11(4-2-9)13(16)17;/h1-4,10,14H,5-8H2,(H,16,17);1H. The van der Waals surface area contributed by atoms with E-state index in [1.54, 1.807) is 12.1 Å². The predicted molar refractivity (Wildman–Crippen MR) is 70.6 cm³/mol. The minimum atomic E-state index is -0.967. The van der Waals surface area contributed by atoms with Crippen LogP contribution in [-0.2, 0) is 0 Å². The molecule has 1 fully saturated rings. The number of aromatic carboxylic acids is 1. The average Bonchev–Trinajstić information content (AvgIpc) is 2.39. The summed E-state index contributed by atoms with van der Waals surface area (Å²) in [5.74, 6) is -0.763. The van der Waals surface area contributed by atoms with E-state index in [0.29, 0.717) is 5.56 Å². The van der Waals surface area contributed by atoms with E-state index in [9.17, 15) is 9.59 Å². The van der Waals surface area contributed by atoms with Crippen LogP contribution in [0.1, 0.15) is 33.6 Å². The molecule has 1 aromatic carbocycles. The Bertz CT molecular complexity index is 424. The van der Waals surface area contributed by atoms with Crippen molar-refractivity contribution in [2.45, 2.75) is 12.8 Å². The van der Waals surface area contributed by atoms with Gasteiger partial charge in [-0.05, 0) is 38.1 Å². The van der Waals surface area contributed by atoms with Crippen molar-refractivity contribution >= 4 is 24.2 Å². The highest BCUT2D eigenvalue weighted by Gasteiger charge is 2.22. The van der Waals surface area contributed by atoms with Crippen molar-refractivity contribution in [3.05, 3.63) is 35.4 Å². The minimum Gasteiger partial charge on any atom is -0.478 e. The molecule has 1 heterocycles. The van der Waals surface area contributed by atoms with Crippen molar-refractivity contribution in [1.82, 2.24) is 5.32 Å². The molecule has 2 rings (SSSR count). The highest BCUT2D eigenvalue weighted by Crippen LogP contribution is 2.18. The Kier molecular flexibility index (Phi) is 5.31. The second-order valence-electron chi connectivity index (χ2n) is 4.27. The molecule has 5 heteroatoms. The van der Waals surface area contributed by atoms with Gasteiger partial charge in [-0.1, -0.05) is 12.1 Å². The number of rotatable bonds is 3. The maximum atomic E-state index is 12.1. The first kappa shape index (κ1) is 14.7. The van der Waals surface area contributed by atoms with E-state index < -0.39 is 5.97 Å². The molecule has 0 bridgehead atoms. The Labute approximate surface area is 112 Å². The number of benzene rings is 1. The molecular weight excluding hydrogens is 254 g/mol. The normalized spacial score (nSPS) is 15.8. The smallest absolute Gasteiger partial charge is 0.335 e.